The number of nitriles is 1. The number of alkyl carbamates (subject to hydrolysis) is 1. The lowest BCUT2D eigenvalue weighted by Gasteiger charge is -2.63. The molecule has 19 heteroatoms. The molecule has 16 atom stereocenters. The number of piperidine rings is 1. The number of nitrogens with one attached hydrogen (secondary N) is 1. The zero-order chi connectivity index (χ0) is 43.5. The van der Waals surface area contributed by atoms with Crippen LogP contribution in [-0.2, 0) is 27.4 Å². The van der Waals surface area contributed by atoms with Gasteiger partial charge in [0.05, 0.1) is 49.7 Å². The van der Waals surface area contributed by atoms with Crippen LogP contribution in [0.15, 0.2) is 24.3 Å². The van der Waals surface area contributed by atoms with Crippen LogP contribution in [0.4, 0.5) is 4.79 Å². The molecular weight excluding hydrogens is 786 g/mol. The van der Waals surface area contributed by atoms with Crippen LogP contribution in [0.3, 0.4) is 0 Å². The lowest BCUT2D eigenvalue weighted by atomic mass is 9.46. The lowest BCUT2D eigenvalue weighted by molar-refractivity contribution is -0.203. The van der Waals surface area contributed by atoms with Crippen molar-refractivity contribution < 1.29 is 70.1 Å². The van der Waals surface area contributed by atoms with Crippen molar-refractivity contribution in [3.63, 3.8) is 0 Å². The first-order chi connectivity index (χ1) is 28.5. The maximum Gasteiger partial charge on any atom is 0.407 e. The number of hydrogen-bond acceptors (Lipinski definition) is 17. The number of likely N-dealkylation sites (tertiary alicyclic amines) is 1. The molecule has 0 spiro atoms. The SMILES string of the molecule is N#C[C@@H]1C[C@@H]2C[C@@H]2N1C(=O)[C@@H](N)C12CC3C[C@H](CC(OCCOC(=O)NCc4ccc(CN(C[C@@H](O)[C@H](O)[C@@H](O)[C@@H](O)CO)C[C@@H](O)[C@H](O)[C@@H](O)[C@@H](O)CO)cc4)(C3)C1)C2. The van der Waals surface area contributed by atoms with Gasteiger partial charge in [-0.3, -0.25) is 9.69 Å². The summed E-state index contributed by atoms with van der Waals surface area (Å²) in [6.45, 7) is -2.29. The Labute approximate surface area is 348 Å². The Bertz CT molecular complexity index is 1610. The van der Waals surface area contributed by atoms with Crippen LogP contribution in [0, 0.1) is 34.5 Å². The van der Waals surface area contributed by atoms with Gasteiger partial charge in [-0.15, -0.1) is 0 Å². The number of hydrogen-bond donors (Lipinski definition) is 12. The van der Waals surface area contributed by atoms with Crippen molar-refractivity contribution in [2.45, 2.75) is 137 Å². The maximum absolute atomic E-state index is 13.8. The van der Waals surface area contributed by atoms with Gasteiger partial charge in [-0.2, -0.15) is 5.26 Å². The molecule has 0 radical (unpaired) electrons. The molecule has 0 aromatic heterocycles. The zero-order valence-corrected chi connectivity index (χ0v) is 33.7. The van der Waals surface area contributed by atoms with Crippen molar-refractivity contribution in [2.24, 2.45) is 28.9 Å². The summed E-state index contributed by atoms with van der Waals surface area (Å²) in [7, 11) is 0. The fourth-order valence-corrected chi connectivity index (χ4v) is 10.8. The van der Waals surface area contributed by atoms with Gasteiger partial charge in [0.1, 0.15) is 49.3 Å². The van der Waals surface area contributed by atoms with Gasteiger partial charge >= 0.3 is 6.09 Å². The van der Waals surface area contributed by atoms with Crippen molar-refractivity contribution in [1.82, 2.24) is 15.1 Å². The molecule has 1 saturated heterocycles. The predicted molar refractivity (Wildman–Crippen MR) is 209 cm³/mol. The van der Waals surface area contributed by atoms with Gasteiger partial charge in [-0.05, 0) is 85.7 Å². The van der Waals surface area contributed by atoms with E-state index in [-0.39, 0.29) is 43.7 Å². The van der Waals surface area contributed by atoms with Crippen molar-refractivity contribution >= 4 is 12.0 Å². The molecular formula is C41H63N5O14. The fraction of sp³-hybridized carbons (Fsp3) is 0.780. The molecule has 1 aromatic rings. The van der Waals surface area contributed by atoms with Gasteiger partial charge in [0.25, 0.3) is 0 Å². The van der Waals surface area contributed by atoms with E-state index in [0.717, 1.165) is 44.9 Å². The highest BCUT2D eigenvalue weighted by molar-refractivity contribution is 5.84. The summed E-state index contributed by atoms with van der Waals surface area (Å²) in [5, 5.41) is 112. The van der Waals surface area contributed by atoms with Gasteiger partial charge in [-0.25, -0.2) is 4.79 Å². The largest absolute Gasteiger partial charge is 0.447 e. The Morgan fingerprint density at radius 2 is 1.37 bits per heavy atom. The minimum atomic E-state index is -1.91. The number of fused-ring (bicyclic) bond motifs is 1. The van der Waals surface area contributed by atoms with E-state index in [1.165, 1.54) is 4.90 Å². The number of ether oxygens (including phenoxy) is 2. The second kappa shape index (κ2) is 19.5. The molecule has 3 unspecified atom stereocenters. The molecule has 4 bridgehead atoms. The Hall–Kier alpha value is -3.07. The van der Waals surface area contributed by atoms with Crippen LogP contribution in [0.25, 0.3) is 0 Å². The third-order valence-electron chi connectivity index (χ3n) is 13.6. The average molecular weight is 850 g/mol. The molecule has 7 rings (SSSR count). The number of benzene rings is 1. The Balaban J connectivity index is 0.972. The van der Waals surface area contributed by atoms with Crippen LogP contribution < -0.4 is 11.1 Å². The third-order valence-corrected chi connectivity index (χ3v) is 13.6. The quantitative estimate of drug-likeness (QED) is 0.0511. The zero-order valence-electron chi connectivity index (χ0n) is 33.7. The molecule has 6 aliphatic rings. The van der Waals surface area contributed by atoms with Gasteiger partial charge in [0.15, 0.2) is 0 Å². The van der Waals surface area contributed by atoms with E-state index in [2.05, 4.69) is 11.4 Å². The standard InChI is InChI=1S/C41H63N5O14/c42-14-27-8-26-9-28(26)46(27)38(57)37(43)40-10-24-7-25(11-40)13-41(12-24,21-40)60-6-5-59-39(58)44-15-22-1-3-23(4-2-22)16-45(17-29(49)33(53)35(55)31(51)19-47)18-30(50)34(54)36(56)32(52)20-48/h1-4,24-37,47-56H,5-13,15-21,43H2,(H,44,58)/t24-,25?,26+,27-,28-,29+,30+,31-,32-,33-,34-,35-,36-,37+,40?,41?/m0/s1. The Morgan fingerprint density at radius 3 is 1.92 bits per heavy atom. The molecule has 336 valence electrons. The van der Waals surface area contributed by atoms with E-state index < -0.39 is 98.9 Å². The number of carbonyl (C=O) groups excluding carboxylic acids is 2. The topological polar surface area (TPSA) is 323 Å². The fourth-order valence-electron chi connectivity index (χ4n) is 10.8. The maximum atomic E-state index is 13.8. The molecule has 1 aliphatic heterocycles. The summed E-state index contributed by atoms with van der Waals surface area (Å²) >= 11 is 0. The number of rotatable bonds is 22. The first-order valence-electron chi connectivity index (χ1n) is 21.0. The predicted octanol–water partition coefficient (Wildman–Crippen LogP) is -3.22. The van der Waals surface area contributed by atoms with Crippen LogP contribution in [0.2, 0.25) is 0 Å². The second-order valence-corrected chi connectivity index (χ2v) is 18.1. The van der Waals surface area contributed by atoms with E-state index in [0.29, 0.717) is 35.3 Å². The van der Waals surface area contributed by atoms with Crippen molar-refractivity contribution in [3.05, 3.63) is 35.4 Å². The summed E-state index contributed by atoms with van der Waals surface area (Å²) < 4.78 is 11.9. The first-order valence-corrected chi connectivity index (χ1v) is 21.0. The van der Waals surface area contributed by atoms with E-state index in [4.69, 9.17) is 25.4 Å². The minimum absolute atomic E-state index is 0.00601. The third kappa shape index (κ3) is 10.4. The number of aliphatic hydroxyl groups excluding tert-OH is 10. The highest BCUT2D eigenvalue weighted by Gasteiger charge is 2.63. The van der Waals surface area contributed by atoms with Gasteiger partial charge in [-0.1, -0.05) is 24.3 Å². The molecule has 5 aliphatic carbocycles. The minimum Gasteiger partial charge on any atom is -0.447 e. The number of nitrogens with zero attached hydrogens (tertiary/aromatic N) is 3. The average Bonchev–Trinajstić information content (AvgIpc) is 3.90. The molecule has 13 N–H and O–H groups in total. The van der Waals surface area contributed by atoms with E-state index in [9.17, 15) is 55.7 Å². The lowest BCUT2D eigenvalue weighted by Crippen LogP contribution is -2.65. The Morgan fingerprint density at radius 1 is 0.817 bits per heavy atom. The van der Waals surface area contributed by atoms with E-state index >= 15 is 0 Å². The van der Waals surface area contributed by atoms with Gasteiger partial charge in [0.2, 0.25) is 5.91 Å². The molecule has 5 saturated carbocycles. The van der Waals surface area contributed by atoms with Crippen LogP contribution >= 0.6 is 0 Å². The number of carbonyl (C=O) groups is 2. The molecule has 1 aromatic carbocycles. The number of nitrogens with two attached hydrogens (primary N) is 1. The molecule has 60 heavy (non-hydrogen) atoms. The molecule has 6 fully saturated rings. The van der Waals surface area contributed by atoms with E-state index in [1.54, 1.807) is 29.2 Å². The van der Waals surface area contributed by atoms with Crippen molar-refractivity contribution in [2.75, 3.05) is 39.5 Å². The van der Waals surface area contributed by atoms with Crippen molar-refractivity contribution in [1.29, 1.82) is 5.26 Å². The van der Waals surface area contributed by atoms with Gasteiger partial charge in [0, 0.05) is 32.2 Å². The van der Waals surface area contributed by atoms with Crippen molar-refractivity contribution in [3.8, 4) is 6.07 Å². The Kier molecular flexibility index (Phi) is 15.1. The highest BCUT2D eigenvalue weighted by atomic mass is 16.6. The first kappa shape index (κ1) is 46.4. The normalized spacial score (nSPS) is 32.2. The summed E-state index contributed by atoms with van der Waals surface area (Å²) in [6, 6.07) is 8.17. The summed E-state index contributed by atoms with van der Waals surface area (Å²) in [5.74, 6) is 1.12. The number of amides is 2. The summed E-state index contributed by atoms with van der Waals surface area (Å²) in [4.78, 5) is 29.6. The van der Waals surface area contributed by atoms with Crippen LogP contribution in [-0.4, -0.2) is 185 Å². The smallest absolute Gasteiger partial charge is 0.407 e. The summed E-state index contributed by atoms with van der Waals surface area (Å²) in [6.07, 6.45) is -8.23. The van der Waals surface area contributed by atoms with Crippen LogP contribution in [0.1, 0.15) is 62.5 Å². The van der Waals surface area contributed by atoms with Crippen LogP contribution in [0.5, 0.6) is 0 Å². The molecule has 2 amide bonds. The highest BCUT2D eigenvalue weighted by Crippen LogP contribution is 2.64. The van der Waals surface area contributed by atoms with E-state index in [1.807, 2.05) is 0 Å². The van der Waals surface area contributed by atoms with Gasteiger partial charge < -0.3 is 76.5 Å². The monoisotopic (exact) mass is 849 g/mol. The number of aliphatic hydroxyl groups is 10. The summed E-state index contributed by atoms with van der Waals surface area (Å²) in [5.41, 5.74) is 7.34. The molecule has 19 nitrogen and oxygen atoms in total. The molecule has 1 heterocycles. The second-order valence-electron chi connectivity index (χ2n) is 18.1.